The molecule has 1 unspecified atom stereocenters. The molecule has 0 radical (unpaired) electrons. The summed E-state index contributed by atoms with van der Waals surface area (Å²) in [5, 5.41) is 0.830. The highest BCUT2D eigenvalue weighted by atomic mass is 79.9. The van der Waals surface area contributed by atoms with Gasteiger partial charge in [0.2, 0.25) is 0 Å². The lowest BCUT2D eigenvalue weighted by atomic mass is 9.79. The number of hydrogen-bond donors (Lipinski definition) is 0. The lowest BCUT2D eigenvalue weighted by Gasteiger charge is -2.35. The molecule has 2 nitrogen and oxygen atoms in total. The fourth-order valence-electron chi connectivity index (χ4n) is 2.46. The number of rotatable bonds is 4. The third-order valence-electron chi connectivity index (χ3n) is 3.52. The van der Waals surface area contributed by atoms with Crippen molar-refractivity contribution < 1.29 is 13.9 Å². The summed E-state index contributed by atoms with van der Waals surface area (Å²) < 4.78 is 24.7. The highest BCUT2D eigenvalue weighted by Gasteiger charge is 2.33. The van der Waals surface area contributed by atoms with Gasteiger partial charge in [-0.25, -0.2) is 4.39 Å². The Morgan fingerprint density at radius 3 is 2.94 bits per heavy atom. The van der Waals surface area contributed by atoms with E-state index in [2.05, 4.69) is 15.9 Å². The minimum Gasteiger partial charge on any atom is -0.494 e. The number of halogens is 2. The van der Waals surface area contributed by atoms with Crippen LogP contribution >= 0.6 is 15.9 Å². The van der Waals surface area contributed by atoms with E-state index in [0.717, 1.165) is 24.8 Å². The van der Waals surface area contributed by atoms with Crippen molar-refractivity contribution in [1.29, 1.82) is 0 Å². The predicted octanol–water partition coefficient (Wildman–Crippen LogP) is 3.57. The van der Waals surface area contributed by atoms with E-state index in [9.17, 15) is 4.39 Å². The Morgan fingerprint density at radius 1 is 1.50 bits per heavy atom. The Balaban J connectivity index is 2.21. The molecule has 1 aliphatic heterocycles. The monoisotopic (exact) mass is 316 g/mol. The fraction of sp³-hybridized carbons (Fsp3) is 0.571. The molecule has 0 aromatic heterocycles. The van der Waals surface area contributed by atoms with Crippen LogP contribution in [0.2, 0.25) is 0 Å². The van der Waals surface area contributed by atoms with Gasteiger partial charge in [0.1, 0.15) is 0 Å². The number of ether oxygens (including phenoxy) is 2. The van der Waals surface area contributed by atoms with E-state index in [1.165, 1.54) is 7.11 Å². The normalized spacial score (nSPS) is 23.9. The molecule has 0 N–H and O–H groups in total. The molecule has 1 aromatic rings. The molecule has 1 heterocycles. The molecule has 0 bridgehead atoms. The predicted molar refractivity (Wildman–Crippen MR) is 72.9 cm³/mol. The Labute approximate surface area is 116 Å². The number of alkyl halides is 1. The molecule has 18 heavy (non-hydrogen) atoms. The fourth-order valence-corrected chi connectivity index (χ4v) is 3.10. The van der Waals surface area contributed by atoms with Gasteiger partial charge in [-0.2, -0.15) is 0 Å². The molecular formula is C14H18BrFO2. The van der Waals surface area contributed by atoms with Gasteiger partial charge in [0.15, 0.2) is 11.6 Å². The van der Waals surface area contributed by atoms with E-state index < -0.39 is 0 Å². The molecule has 1 aromatic carbocycles. The molecule has 4 heteroatoms. The van der Waals surface area contributed by atoms with E-state index in [4.69, 9.17) is 9.47 Å². The van der Waals surface area contributed by atoms with Crippen LogP contribution in [0.15, 0.2) is 18.2 Å². The number of hydrogen-bond acceptors (Lipinski definition) is 2. The van der Waals surface area contributed by atoms with Gasteiger partial charge in [0, 0.05) is 17.4 Å². The van der Waals surface area contributed by atoms with Crippen LogP contribution in [0, 0.1) is 11.2 Å². The molecule has 0 aliphatic carbocycles. The number of methoxy groups -OCH3 is 1. The largest absolute Gasteiger partial charge is 0.494 e. The van der Waals surface area contributed by atoms with Gasteiger partial charge >= 0.3 is 0 Å². The average molecular weight is 317 g/mol. The summed E-state index contributed by atoms with van der Waals surface area (Å²) in [6.45, 7) is 1.50. The second kappa shape index (κ2) is 6.02. The first-order valence-electron chi connectivity index (χ1n) is 6.16. The first-order chi connectivity index (χ1) is 8.71. The minimum absolute atomic E-state index is 0.00541. The van der Waals surface area contributed by atoms with Gasteiger partial charge < -0.3 is 9.47 Å². The highest BCUT2D eigenvalue weighted by molar-refractivity contribution is 9.09. The van der Waals surface area contributed by atoms with Crippen LogP contribution in [-0.4, -0.2) is 25.7 Å². The molecule has 0 spiro atoms. The molecule has 100 valence electrons. The Bertz CT molecular complexity index is 403. The van der Waals surface area contributed by atoms with Crippen LogP contribution in [0.5, 0.6) is 5.75 Å². The van der Waals surface area contributed by atoms with Gasteiger partial charge in [0.25, 0.3) is 0 Å². The first-order valence-corrected chi connectivity index (χ1v) is 7.28. The zero-order chi connectivity index (χ0) is 13.0. The molecule has 1 aliphatic rings. The van der Waals surface area contributed by atoms with Crippen LogP contribution in [0.25, 0.3) is 0 Å². The first kappa shape index (κ1) is 13.8. The Kier molecular flexibility index (Phi) is 4.62. The van der Waals surface area contributed by atoms with Crippen LogP contribution in [0.4, 0.5) is 4.39 Å². The Morgan fingerprint density at radius 2 is 2.33 bits per heavy atom. The zero-order valence-electron chi connectivity index (χ0n) is 10.5. The maximum absolute atomic E-state index is 14.2. The van der Waals surface area contributed by atoms with Crippen LogP contribution in [-0.2, 0) is 11.2 Å². The SMILES string of the molecule is COc1cccc(CC2(CBr)CCCOC2)c1F. The van der Waals surface area contributed by atoms with Crippen molar-refractivity contribution in [2.75, 3.05) is 25.7 Å². The average Bonchev–Trinajstić information content (AvgIpc) is 2.42. The molecular weight excluding hydrogens is 299 g/mol. The third-order valence-corrected chi connectivity index (χ3v) is 4.71. The molecule has 1 atom stereocenters. The lowest BCUT2D eigenvalue weighted by Crippen LogP contribution is -2.35. The van der Waals surface area contributed by atoms with Crippen molar-refractivity contribution in [2.45, 2.75) is 19.3 Å². The van der Waals surface area contributed by atoms with Crippen LogP contribution in [0.3, 0.4) is 0 Å². The second-order valence-electron chi connectivity index (χ2n) is 4.90. The quantitative estimate of drug-likeness (QED) is 0.791. The van der Waals surface area contributed by atoms with Crippen molar-refractivity contribution in [3.63, 3.8) is 0 Å². The molecule has 2 rings (SSSR count). The van der Waals surface area contributed by atoms with E-state index in [-0.39, 0.29) is 11.2 Å². The maximum Gasteiger partial charge on any atom is 0.168 e. The highest BCUT2D eigenvalue weighted by Crippen LogP contribution is 2.36. The number of benzene rings is 1. The van der Waals surface area contributed by atoms with Crippen molar-refractivity contribution in [3.8, 4) is 5.75 Å². The van der Waals surface area contributed by atoms with Crippen molar-refractivity contribution in [2.24, 2.45) is 5.41 Å². The topological polar surface area (TPSA) is 18.5 Å². The summed E-state index contributed by atoms with van der Waals surface area (Å²) >= 11 is 3.55. The van der Waals surface area contributed by atoms with Gasteiger partial charge in [0.05, 0.1) is 13.7 Å². The summed E-state index contributed by atoms with van der Waals surface area (Å²) in [5.41, 5.74) is 0.713. The second-order valence-corrected chi connectivity index (χ2v) is 5.46. The van der Waals surface area contributed by atoms with Gasteiger partial charge in [-0.1, -0.05) is 28.1 Å². The summed E-state index contributed by atoms with van der Waals surface area (Å²) in [7, 11) is 1.49. The van der Waals surface area contributed by atoms with Gasteiger partial charge in [-0.15, -0.1) is 0 Å². The van der Waals surface area contributed by atoms with Crippen molar-refractivity contribution >= 4 is 15.9 Å². The van der Waals surface area contributed by atoms with E-state index in [0.29, 0.717) is 24.3 Å². The molecule has 0 saturated carbocycles. The van der Waals surface area contributed by atoms with Crippen LogP contribution in [0.1, 0.15) is 18.4 Å². The Hall–Kier alpha value is -0.610. The summed E-state index contributed by atoms with van der Waals surface area (Å²) in [6, 6.07) is 5.32. The molecule has 0 amide bonds. The lowest BCUT2D eigenvalue weighted by molar-refractivity contribution is 0.00574. The minimum atomic E-state index is -0.245. The van der Waals surface area contributed by atoms with E-state index >= 15 is 0 Å². The molecule has 1 fully saturated rings. The standard InChI is InChI=1S/C14H18BrFO2/c1-17-12-5-2-4-11(13(12)16)8-14(9-15)6-3-7-18-10-14/h2,4-5H,3,6-10H2,1H3. The maximum atomic E-state index is 14.2. The van der Waals surface area contributed by atoms with E-state index in [1.54, 1.807) is 6.07 Å². The summed E-state index contributed by atoms with van der Waals surface area (Å²) in [4.78, 5) is 0. The summed E-state index contributed by atoms with van der Waals surface area (Å²) in [6.07, 6.45) is 2.79. The smallest absolute Gasteiger partial charge is 0.168 e. The van der Waals surface area contributed by atoms with Crippen LogP contribution < -0.4 is 4.74 Å². The third kappa shape index (κ3) is 2.86. The van der Waals surface area contributed by atoms with Gasteiger partial charge in [-0.3, -0.25) is 0 Å². The van der Waals surface area contributed by atoms with E-state index in [1.807, 2.05) is 12.1 Å². The summed E-state index contributed by atoms with van der Waals surface area (Å²) in [5.74, 6) is 0.0693. The van der Waals surface area contributed by atoms with Crippen molar-refractivity contribution in [1.82, 2.24) is 0 Å². The van der Waals surface area contributed by atoms with Crippen molar-refractivity contribution in [3.05, 3.63) is 29.6 Å². The zero-order valence-corrected chi connectivity index (χ0v) is 12.1. The van der Waals surface area contributed by atoms with Gasteiger partial charge in [-0.05, 0) is 30.9 Å². The molecule has 1 saturated heterocycles.